The first-order chi connectivity index (χ1) is 10.5. The molecule has 1 saturated heterocycles. The third kappa shape index (κ3) is 4.63. The van der Waals surface area contributed by atoms with Gasteiger partial charge in [0.1, 0.15) is 0 Å². The molecular formula is C15H28N4O2S. The molecular weight excluding hydrogens is 300 g/mol. The van der Waals surface area contributed by atoms with Crippen LogP contribution in [-0.4, -0.2) is 85.5 Å². The zero-order valence-corrected chi connectivity index (χ0v) is 14.6. The predicted molar refractivity (Wildman–Crippen MR) is 90.4 cm³/mol. The SMILES string of the molecule is CN(C)CCN(C)C[C@@H]1CN(c2nc(CO)cs2)C[C@@H]1CO. The van der Waals surface area contributed by atoms with Crippen LogP contribution in [0.3, 0.4) is 0 Å². The Bertz CT molecular complexity index is 455. The first kappa shape index (κ1) is 17.6. The monoisotopic (exact) mass is 328 g/mol. The summed E-state index contributed by atoms with van der Waals surface area (Å²) in [5, 5.41) is 21.7. The first-order valence-electron chi connectivity index (χ1n) is 7.77. The Morgan fingerprint density at radius 2 is 1.95 bits per heavy atom. The van der Waals surface area contributed by atoms with Gasteiger partial charge in [0.25, 0.3) is 0 Å². The first-order valence-corrected chi connectivity index (χ1v) is 8.65. The number of hydrogen-bond donors (Lipinski definition) is 2. The maximum Gasteiger partial charge on any atom is 0.185 e. The van der Waals surface area contributed by atoms with Crippen molar-refractivity contribution in [2.24, 2.45) is 11.8 Å². The Kier molecular flexibility index (Phi) is 6.58. The molecule has 0 aliphatic carbocycles. The summed E-state index contributed by atoms with van der Waals surface area (Å²) in [6, 6.07) is 0. The minimum atomic E-state index is -0.00945. The molecule has 0 bridgehead atoms. The van der Waals surface area contributed by atoms with Gasteiger partial charge in [-0.15, -0.1) is 11.3 Å². The van der Waals surface area contributed by atoms with Crippen LogP contribution in [0.1, 0.15) is 5.69 Å². The van der Waals surface area contributed by atoms with Gasteiger partial charge >= 0.3 is 0 Å². The predicted octanol–water partition coefficient (Wildman–Crippen LogP) is 0.174. The molecule has 1 aromatic heterocycles. The molecule has 22 heavy (non-hydrogen) atoms. The lowest BCUT2D eigenvalue weighted by atomic mass is 9.96. The molecule has 2 heterocycles. The average Bonchev–Trinajstić information content (AvgIpc) is 3.11. The summed E-state index contributed by atoms with van der Waals surface area (Å²) in [5.74, 6) is 0.752. The maximum absolute atomic E-state index is 9.67. The number of hydrogen-bond acceptors (Lipinski definition) is 7. The summed E-state index contributed by atoms with van der Waals surface area (Å²) in [6.07, 6.45) is 0. The van der Waals surface area contributed by atoms with E-state index in [1.807, 2.05) is 5.38 Å². The van der Waals surface area contributed by atoms with Crippen molar-refractivity contribution in [2.45, 2.75) is 6.61 Å². The lowest BCUT2D eigenvalue weighted by Crippen LogP contribution is -2.35. The molecule has 1 aliphatic heterocycles. The van der Waals surface area contributed by atoms with E-state index in [1.54, 1.807) is 11.3 Å². The van der Waals surface area contributed by atoms with Gasteiger partial charge in [-0.25, -0.2) is 4.98 Å². The van der Waals surface area contributed by atoms with Crippen LogP contribution in [0.5, 0.6) is 0 Å². The minimum absolute atomic E-state index is 0.00945. The number of likely N-dealkylation sites (N-methyl/N-ethyl adjacent to an activating group) is 2. The second kappa shape index (κ2) is 8.21. The van der Waals surface area contributed by atoms with Gasteiger partial charge in [0.15, 0.2) is 5.13 Å². The van der Waals surface area contributed by atoms with Crippen LogP contribution in [0.15, 0.2) is 5.38 Å². The summed E-state index contributed by atoms with van der Waals surface area (Å²) < 4.78 is 0. The third-order valence-corrected chi connectivity index (χ3v) is 5.21. The zero-order valence-electron chi connectivity index (χ0n) is 13.8. The minimum Gasteiger partial charge on any atom is -0.396 e. The fourth-order valence-electron chi connectivity index (χ4n) is 2.89. The molecule has 2 atom stereocenters. The van der Waals surface area contributed by atoms with E-state index >= 15 is 0 Å². The Hall–Kier alpha value is -0.730. The molecule has 6 nitrogen and oxygen atoms in total. The molecule has 2 rings (SSSR count). The molecule has 0 radical (unpaired) electrons. The van der Waals surface area contributed by atoms with Gasteiger partial charge in [-0.1, -0.05) is 0 Å². The molecule has 0 aromatic carbocycles. The van der Waals surface area contributed by atoms with Crippen LogP contribution in [-0.2, 0) is 6.61 Å². The highest BCUT2D eigenvalue weighted by molar-refractivity contribution is 7.13. The summed E-state index contributed by atoms with van der Waals surface area (Å²) in [4.78, 5) is 11.2. The van der Waals surface area contributed by atoms with Crippen LogP contribution >= 0.6 is 11.3 Å². The van der Waals surface area contributed by atoms with E-state index in [2.05, 4.69) is 40.8 Å². The summed E-state index contributed by atoms with van der Waals surface area (Å²) in [7, 11) is 6.32. The van der Waals surface area contributed by atoms with Crippen LogP contribution in [0.4, 0.5) is 5.13 Å². The smallest absolute Gasteiger partial charge is 0.185 e. The molecule has 7 heteroatoms. The Balaban J connectivity index is 1.91. The molecule has 0 unspecified atom stereocenters. The quantitative estimate of drug-likeness (QED) is 0.709. The molecule has 0 amide bonds. The van der Waals surface area contributed by atoms with Crippen molar-refractivity contribution < 1.29 is 10.2 Å². The highest BCUT2D eigenvalue weighted by Gasteiger charge is 2.34. The van der Waals surface area contributed by atoms with Gasteiger partial charge in [-0.2, -0.15) is 0 Å². The molecule has 1 fully saturated rings. The Labute approximate surface area is 137 Å². The van der Waals surface area contributed by atoms with Gasteiger partial charge in [-0.05, 0) is 27.1 Å². The number of anilines is 1. The van der Waals surface area contributed by atoms with Crippen molar-refractivity contribution in [1.82, 2.24) is 14.8 Å². The maximum atomic E-state index is 9.67. The van der Waals surface area contributed by atoms with E-state index in [0.29, 0.717) is 11.8 Å². The van der Waals surface area contributed by atoms with Crippen molar-refractivity contribution >= 4 is 16.5 Å². The number of rotatable bonds is 8. The largest absolute Gasteiger partial charge is 0.396 e. The number of aliphatic hydroxyl groups excluding tert-OH is 2. The van der Waals surface area contributed by atoms with Crippen LogP contribution in [0.2, 0.25) is 0 Å². The van der Waals surface area contributed by atoms with E-state index in [-0.39, 0.29) is 13.2 Å². The average molecular weight is 328 g/mol. The standard InChI is InChI=1S/C15H28N4O2S/c1-17(2)4-5-18(3)6-12-7-19(8-13(12)9-20)15-16-14(10-21)11-22-15/h11-13,20-21H,4-10H2,1-3H3/t12-,13-/m1/s1. The molecule has 1 aromatic rings. The van der Waals surface area contributed by atoms with Gasteiger partial charge in [0.2, 0.25) is 0 Å². The highest BCUT2D eigenvalue weighted by atomic mass is 32.1. The van der Waals surface area contributed by atoms with E-state index in [9.17, 15) is 5.11 Å². The molecule has 0 saturated carbocycles. The molecule has 2 N–H and O–H groups in total. The van der Waals surface area contributed by atoms with Crippen molar-refractivity contribution in [3.63, 3.8) is 0 Å². The summed E-state index contributed by atoms with van der Waals surface area (Å²) in [6.45, 7) is 5.06. The third-order valence-electron chi connectivity index (χ3n) is 4.26. The summed E-state index contributed by atoms with van der Waals surface area (Å²) >= 11 is 1.57. The summed E-state index contributed by atoms with van der Waals surface area (Å²) in [5.41, 5.74) is 0.729. The Morgan fingerprint density at radius 3 is 2.55 bits per heavy atom. The fourth-order valence-corrected chi connectivity index (χ4v) is 3.72. The van der Waals surface area contributed by atoms with E-state index in [4.69, 9.17) is 5.11 Å². The molecule has 1 aliphatic rings. The van der Waals surface area contributed by atoms with Crippen molar-refractivity contribution in [3.05, 3.63) is 11.1 Å². The van der Waals surface area contributed by atoms with Crippen LogP contribution in [0, 0.1) is 11.8 Å². The van der Waals surface area contributed by atoms with Gasteiger partial charge < -0.3 is 24.9 Å². The second-order valence-corrected chi connectivity index (χ2v) is 7.29. The van der Waals surface area contributed by atoms with Gasteiger partial charge in [0.05, 0.1) is 12.3 Å². The van der Waals surface area contributed by atoms with E-state index in [1.165, 1.54) is 0 Å². The zero-order chi connectivity index (χ0) is 16.1. The second-order valence-electron chi connectivity index (χ2n) is 6.45. The van der Waals surface area contributed by atoms with Crippen molar-refractivity contribution in [2.75, 3.05) is 65.4 Å². The van der Waals surface area contributed by atoms with Gasteiger partial charge in [0, 0.05) is 50.6 Å². The highest BCUT2D eigenvalue weighted by Crippen LogP contribution is 2.30. The van der Waals surface area contributed by atoms with Gasteiger partial charge in [-0.3, -0.25) is 0 Å². The lowest BCUT2D eigenvalue weighted by molar-refractivity contribution is 0.171. The van der Waals surface area contributed by atoms with E-state index < -0.39 is 0 Å². The van der Waals surface area contributed by atoms with Crippen LogP contribution < -0.4 is 4.90 Å². The lowest BCUT2D eigenvalue weighted by Gasteiger charge is -2.25. The topological polar surface area (TPSA) is 63.1 Å². The Morgan fingerprint density at radius 1 is 1.23 bits per heavy atom. The van der Waals surface area contributed by atoms with E-state index in [0.717, 1.165) is 43.5 Å². The fraction of sp³-hybridized carbons (Fsp3) is 0.800. The number of aromatic nitrogens is 1. The normalized spacial score (nSPS) is 22.2. The number of nitrogens with zero attached hydrogens (tertiary/aromatic N) is 4. The number of thiazole rings is 1. The van der Waals surface area contributed by atoms with Crippen molar-refractivity contribution in [1.29, 1.82) is 0 Å². The molecule has 0 spiro atoms. The van der Waals surface area contributed by atoms with Crippen LogP contribution in [0.25, 0.3) is 0 Å². The molecule has 126 valence electrons. The number of aliphatic hydroxyl groups is 2. The van der Waals surface area contributed by atoms with Crippen molar-refractivity contribution in [3.8, 4) is 0 Å².